The van der Waals surface area contributed by atoms with Gasteiger partial charge in [-0.3, -0.25) is 4.79 Å². The number of hydrogen-bond acceptors (Lipinski definition) is 3. The van der Waals surface area contributed by atoms with Crippen LogP contribution in [-0.2, 0) is 11.3 Å². The molecule has 5 heteroatoms. The first-order valence-corrected chi connectivity index (χ1v) is 7.28. The molecule has 0 aliphatic heterocycles. The van der Waals surface area contributed by atoms with Crippen LogP contribution in [0.4, 0.5) is 0 Å². The number of halogens is 1. The van der Waals surface area contributed by atoms with Gasteiger partial charge < -0.3 is 10.6 Å². The summed E-state index contributed by atoms with van der Waals surface area (Å²) in [7, 11) is 0. The third-order valence-corrected chi connectivity index (χ3v) is 3.52. The van der Waals surface area contributed by atoms with Crippen LogP contribution < -0.4 is 5.73 Å². The molecule has 0 spiro atoms. The Bertz CT molecular complexity index is 417. The van der Waals surface area contributed by atoms with Crippen molar-refractivity contribution in [3.8, 4) is 0 Å². The molecule has 1 atom stereocenters. The molecule has 0 saturated carbocycles. The average Bonchev–Trinajstić information content (AvgIpc) is 2.35. The van der Waals surface area contributed by atoms with E-state index in [4.69, 9.17) is 5.73 Å². The van der Waals surface area contributed by atoms with Crippen LogP contribution in [0.2, 0.25) is 0 Å². The lowest BCUT2D eigenvalue weighted by atomic mass is 10.0. The molecule has 1 heterocycles. The zero-order valence-corrected chi connectivity index (χ0v) is 13.5. The van der Waals surface area contributed by atoms with Crippen LogP contribution in [-0.4, -0.2) is 27.9 Å². The van der Waals surface area contributed by atoms with E-state index in [0.29, 0.717) is 6.54 Å². The number of hydrogen-bond donors (Lipinski definition) is 1. The number of pyridine rings is 1. The van der Waals surface area contributed by atoms with E-state index in [0.717, 1.165) is 10.2 Å². The Morgan fingerprint density at radius 3 is 2.42 bits per heavy atom. The van der Waals surface area contributed by atoms with Crippen molar-refractivity contribution < 1.29 is 4.79 Å². The summed E-state index contributed by atoms with van der Waals surface area (Å²) in [5.74, 6) is 0.129. The third kappa shape index (κ3) is 4.58. The van der Waals surface area contributed by atoms with Crippen molar-refractivity contribution in [2.75, 3.05) is 0 Å². The van der Waals surface area contributed by atoms with Gasteiger partial charge in [0, 0.05) is 18.8 Å². The quantitative estimate of drug-likeness (QED) is 0.845. The van der Waals surface area contributed by atoms with Gasteiger partial charge in [-0.2, -0.15) is 0 Å². The van der Waals surface area contributed by atoms with Crippen LogP contribution in [0.1, 0.15) is 33.3 Å². The molecule has 1 aromatic heterocycles. The van der Waals surface area contributed by atoms with Crippen LogP contribution in [0.25, 0.3) is 0 Å². The predicted molar refractivity (Wildman–Crippen MR) is 80.4 cm³/mol. The summed E-state index contributed by atoms with van der Waals surface area (Å²) in [4.78, 5) is 18.3. The monoisotopic (exact) mass is 327 g/mol. The SMILES string of the molecule is CC(C)[C@H](N)C(=O)N(Cc1ccc(Br)nc1)C(C)C. The molecular formula is C14H22BrN3O. The van der Waals surface area contributed by atoms with E-state index in [2.05, 4.69) is 20.9 Å². The molecule has 4 nitrogen and oxygen atoms in total. The molecule has 0 aliphatic rings. The van der Waals surface area contributed by atoms with Crippen molar-refractivity contribution in [1.29, 1.82) is 0 Å². The highest BCUT2D eigenvalue weighted by Crippen LogP contribution is 2.13. The van der Waals surface area contributed by atoms with Crippen molar-refractivity contribution in [2.24, 2.45) is 11.7 Å². The topological polar surface area (TPSA) is 59.2 Å². The first kappa shape index (κ1) is 16.1. The Balaban J connectivity index is 2.84. The zero-order valence-electron chi connectivity index (χ0n) is 11.9. The second-order valence-corrected chi connectivity index (χ2v) is 6.13. The number of carbonyl (C=O) groups excluding carboxylic acids is 1. The molecule has 2 N–H and O–H groups in total. The fraction of sp³-hybridized carbons (Fsp3) is 0.571. The van der Waals surface area contributed by atoms with E-state index in [1.807, 2.05) is 39.8 Å². The molecule has 1 amide bonds. The van der Waals surface area contributed by atoms with Gasteiger partial charge in [-0.05, 0) is 47.3 Å². The Morgan fingerprint density at radius 1 is 1.37 bits per heavy atom. The van der Waals surface area contributed by atoms with Crippen LogP contribution in [0, 0.1) is 5.92 Å². The molecule has 19 heavy (non-hydrogen) atoms. The lowest BCUT2D eigenvalue weighted by Gasteiger charge is -2.30. The lowest BCUT2D eigenvalue weighted by molar-refractivity contribution is -0.136. The van der Waals surface area contributed by atoms with Crippen molar-refractivity contribution >= 4 is 21.8 Å². The molecule has 1 rings (SSSR count). The van der Waals surface area contributed by atoms with Crippen LogP contribution >= 0.6 is 15.9 Å². The fourth-order valence-electron chi connectivity index (χ4n) is 1.69. The number of aromatic nitrogens is 1. The van der Waals surface area contributed by atoms with Crippen LogP contribution in [0.5, 0.6) is 0 Å². The second-order valence-electron chi connectivity index (χ2n) is 5.32. The molecule has 0 saturated heterocycles. The van der Waals surface area contributed by atoms with Gasteiger partial charge in [0.25, 0.3) is 0 Å². The van der Waals surface area contributed by atoms with E-state index in [1.54, 1.807) is 11.1 Å². The summed E-state index contributed by atoms with van der Waals surface area (Å²) in [6.07, 6.45) is 1.77. The highest BCUT2D eigenvalue weighted by Gasteiger charge is 2.25. The predicted octanol–water partition coefficient (Wildman–Crippen LogP) is 2.56. The summed E-state index contributed by atoms with van der Waals surface area (Å²) < 4.78 is 0.789. The van der Waals surface area contributed by atoms with E-state index in [9.17, 15) is 4.79 Å². The summed E-state index contributed by atoms with van der Waals surface area (Å²) in [6.45, 7) is 8.45. The van der Waals surface area contributed by atoms with Crippen LogP contribution in [0.15, 0.2) is 22.9 Å². The maximum absolute atomic E-state index is 12.4. The summed E-state index contributed by atoms with van der Waals surface area (Å²) in [6, 6.07) is 3.49. The number of rotatable bonds is 5. The van der Waals surface area contributed by atoms with Gasteiger partial charge in [-0.1, -0.05) is 19.9 Å². The van der Waals surface area contributed by atoms with Crippen molar-refractivity contribution in [2.45, 2.75) is 46.3 Å². The number of amides is 1. The standard InChI is InChI=1S/C14H22BrN3O/c1-9(2)13(16)14(19)18(10(3)4)8-11-5-6-12(15)17-7-11/h5-7,9-10,13H,8,16H2,1-4H3/t13-/m0/s1. The Hall–Kier alpha value is -0.940. The van der Waals surface area contributed by atoms with Crippen molar-refractivity contribution in [3.63, 3.8) is 0 Å². The van der Waals surface area contributed by atoms with E-state index in [-0.39, 0.29) is 17.9 Å². The summed E-state index contributed by atoms with van der Waals surface area (Å²) >= 11 is 3.30. The normalized spacial score (nSPS) is 12.8. The van der Waals surface area contributed by atoms with Gasteiger partial charge in [-0.25, -0.2) is 4.98 Å². The molecular weight excluding hydrogens is 306 g/mol. The Labute approximate surface area is 123 Å². The van der Waals surface area contributed by atoms with Gasteiger partial charge in [0.2, 0.25) is 5.91 Å². The van der Waals surface area contributed by atoms with Gasteiger partial charge in [-0.15, -0.1) is 0 Å². The van der Waals surface area contributed by atoms with Gasteiger partial charge in [0.1, 0.15) is 4.60 Å². The van der Waals surface area contributed by atoms with Gasteiger partial charge in [0.15, 0.2) is 0 Å². The molecule has 106 valence electrons. The van der Waals surface area contributed by atoms with Gasteiger partial charge >= 0.3 is 0 Å². The molecule has 0 radical (unpaired) electrons. The third-order valence-electron chi connectivity index (χ3n) is 3.05. The summed E-state index contributed by atoms with van der Waals surface area (Å²) in [5.41, 5.74) is 6.96. The van der Waals surface area contributed by atoms with Crippen molar-refractivity contribution in [3.05, 3.63) is 28.5 Å². The number of nitrogens with two attached hydrogens (primary N) is 1. The first-order chi connectivity index (χ1) is 8.82. The molecule has 0 unspecified atom stereocenters. The van der Waals surface area contributed by atoms with E-state index < -0.39 is 6.04 Å². The minimum absolute atomic E-state index is 0.00656. The largest absolute Gasteiger partial charge is 0.335 e. The molecule has 1 aromatic rings. The zero-order chi connectivity index (χ0) is 14.6. The van der Waals surface area contributed by atoms with Gasteiger partial charge in [0.05, 0.1) is 6.04 Å². The minimum atomic E-state index is -0.453. The fourth-order valence-corrected chi connectivity index (χ4v) is 1.92. The Kier molecular flexibility index (Phi) is 5.94. The van der Waals surface area contributed by atoms with E-state index in [1.165, 1.54) is 0 Å². The van der Waals surface area contributed by atoms with E-state index >= 15 is 0 Å². The average molecular weight is 328 g/mol. The number of carbonyl (C=O) groups is 1. The van der Waals surface area contributed by atoms with Crippen LogP contribution in [0.3, 0.4) is 0 Å². The number of nitrogens with zero attached hydrogens (tertiary/aromatic N) is 2. The Morgan fingerprint density at radius 2 is 2.00 bits per heavy atom. The lowest BCUT2D eigenvalue weighted by Crippen LogP contribution is -2.48. The highest BCUT2D eigenvalue weighted by atomic mass is 79.9. The maximum atomic E-state index is 12.4. The summed E-state index contributed by atoms with van der Waals surface area (Å²) in [5, 5.41) is 0. The smallest absolute Gasteiger partial charge is 0.240 e. The minimum Gasteiger partial charge on any atom is -0.335 e. The molecule has 0 fully saturated rings. The highest BCUT2D eigenvalue weighted by molar-refractivity contribution is 9.10. The first-order valence-electron chi connectivity index (χ1n) is 6.49. The second kappa shape index (κ2) is 7.01. The van der Waals surface area contributed by atoms with Crippen molar-refractivity contribution in [1.82, 2.24) is 9.88 Å². The molecule has 0 aliphatic carbocycles. The molecule has 0 aromatic carbocycles. The molecule has 0 bridgehead atoms. The maximum Gasteiger partial charge on any atom is 0.240 e.